The molecule has 0 fully saturated rings. The second-order valence-corrected chi connectivity index (χ2v) is 4.04. The van der Waals surface area contributed by atoms with E-state index < -0.39 is 16.4 Å². The molecule has 0 saturated heterocycles. The summed E-state index contributed by atoms with van der Waals surface area (Å²) in [5.74, 6) is -0.529. The Balaban J connectivity index is 0.00000121. The maximum atomic E-state index is 11.0. The maximum Gasteiger partial charge on any atom is 0.225 e. The van der Waals surface area contributed by atoms with Crippen LogP contribution in [-0.4, -0.2) is 10.5 Å². The van der Waals surface area contributed by atoms with E-state index in [1.807, 2.05) is 44.2 Å². The molecule has 0 aliphatic rings. The molecule has 0 radical (unpaired) electrons. The predicted octanol–water partition coefficient (Wildman–Crippen LogP) is 3.79. The Morgan fingerprint density at radius 3 is 2.06 bits per heavy atom. The van der Waals surface area contributed by atoms with Gasteiger partial charge in [0.1, 0.15) is 0 Å². The molecule has 0 spiro atoms. The molecule has 0 aliphatic carbocycles. The molecule has 0 amide bonds. The minimum atomic E-state index is -0.537. The van der Waals surface area contributed by atoms with E-state index in [-0.39, 0.29) is 6.42 Å². The third-order valence-electron chi connectivity index (χ3n) is 2.05. The third kappa shape index (κ3) is 7.14. The molecule has 17 heavy (non-hydrogen) atoms. The quantitative estimate of drug-likeness (QED) is 0.766. The molecule has 0 aromatic heterocycles. The Kier molecular flexibility index (Phi) is 8.73. The fourth-order valence-corrected chi connectivity index (χ4v) is 1.67. The monoisotopic (exact) mass is 274 g/mol. The minimum Gasteiger partial charge on any atom is -0.281 e. The molecular formula is C13H16Cl2O2. The van der Waals surface area contributed by atoms with Crippen molar-refractivity contribution in [3.8, 4) is 0 Å². The SMILES string of the molecule is CC.O=C(Cl)C[C@H](Cc1ccccc1)C(=O)Cl. The van der Waals surface area contributed by atoms with Gasteiger partial charge in [-0.1, -0.05) is 44.2 Å². The lowest BCUT2D eigenvalue weighted by Crippen LogP contribution is -2.14. The first-order chi connectivity index (χ1) is 8.09. The molecule has 2 nitrogen and oxygen atoms in total. The molecule has 0 bridgehead atoms. The lowest BCUT2D eigenvalue weighted by Gasteiger charge is -2.09. The van der Waals surface area contributed by atoms with Crippen molar-refractivity contribution in [1.29, 1.82) is 0 Å². The average molecular weight is 275 g/mol. The van der Waals surface area contributed by atoms with Gasteiger partial charge in [-0.2, -0.15) is 0 Å². The van der Waals surface area contributed by atoms with Crippen LogP contribution in [0.15, 0.2) is 30.3 Å². The van der Waals surface area contributed by atoms with Gasteiger partial charge in [-0.25, -0.2) is 0 Å². The van der Waals surface area contributed by atoms with Gasteiger partial charge in [-0.05, 0) is 35.2 Å². The molecule has 1 rings (SSSR count). The fourth-order valence-electron chi connectivity index (χ4n) is 1.32. The van der Waals surface area contributed by atoms with Crippen molar-refractivity contribution in [3.63, 3.8) is 0 Å². The van der Waals surface area contributed by atoms with Gasteiger partial charge in [0.2, 0.25) is 10.5 Å². The fraction of sp³-hybridized carbons (Fsp3) is 0.385. The zero-order chi connectivity index (χ0) is 13.3. The van der Waals surface area contributed by atoms with E-state index in [2.05, 4.69) is 0 Å². The summed E-state index contributed by atoms with van der Waals surface area (Å²) in [5.41, 5.74) is 0.967. The van der Waals surface area contributed by atoms with Crippen molar-refractivity contribution < 1.29 is 9.59 Å². The molecular weight excluding hydrogens is 259 g/mol. The van der Waals surface area contributed by atoms with Crippen LogP contribution in [0.25, 0.3) is 0 Å². The first-order valence-electron chi connectivity index (χ1n) is 5.51. The van der Waals surface area contributed by atoms with Gasteiger partial charge in [0.05, 0.1) is 0 Å². The van der Waals surface area contributed by atoms with Gasteiger partial charge >= 0.3 is 0 Å². The highest BCUT2D eigenvalue weighted by Gasteiger charge is 2.19. The predicted molar refractivity (Wildman–Crippen MR) is 71.3 cm³/mol. The van der Waals surface area contributed by atoms with Crippen molar-refractivity contribution >= 4 is 33.7 Å². The van der Waals surface area contributed by atoms with Crippen molar-refractivity contribution in [2.45, 2.75) is 26.7 Å². The highest BCUT2D eigenvalue weighted by molar-refractivity contribution is 6.66. The first kappa shape index (κ1) is 16.1. The third-order valence-corrected chi connectivity index (χ3v) is 2.52. The Morgan fingerprint density at radius 1 is 1.12 bits per heavy atom. The van der Waals surface area contributed by atoms with Gasteiger partial charge in [0.15, 0.2) is 0 Å². The van der Waals surface area contributed by atoms with Gasteiger partial charge in [0.25, 0.3) is 0 Å². The number of hydrogen-bond acceptors (Lipinski definition) is 2. The number of halogens is 2. The van der Waals surface area contributed by atoms with Gasteiger partial charge < -0.3 is 0 Å². The van der Waals surface area contributed by atoms with Crippen LogP contribution in [0.1, 0.15) is 25.8 Å². The number of carbonyl (C=O) groups excluding carboxylic acids is 2. The molecule has 0 N–H and O–H groups in total. The standard InChI is InChI=1S/C11H10Cl2O2.C2H6/c12-10(14)7-9(11(13)15)6-8-4-2-1-3-5-8;1-2/h1-5,9H,6-7H2;1-2H3/t9-;/m0./s1. The zero-order valence-electron chi connectivity index (χ0n) is 9.95. The lowest BCUT2D eigenvalue weighted by atomic mass is 9.98. The van der Waals surface area contributed by atoms with Crippen LogP contribution in [-0.2, 0) is 16.0 Å². The van der Waals surface area contributed by atoms with E-state index in [1.54, 1.807) is 0 Å². The van der Waals surface area contributed by atoms with Crippen LogP contribution in [0.5, 0.6) is 0 Å². The second-order valence-electron chi connectivity index (χ2n) is 3.25. The van der Waals surface area contributed by atoms with E-state index in [4.69, 9.17) is 23.2 Å². The average Bonchev–Trinajstić information content (AvgIpc) is 2.31. The number of carbonyl (C=O) groups is 2. The van der Waals surface area contributed by atoms with Gasteiger partial charge in [0, 0.05) is 12.3 Å². The highest BCUT2D eigenvalue weighted by atomic mass is 35.5. The van der Waals surface area contributed by atoms with E-state index in [0.29, 0.717) is 6.42 Å². The number of benzene rings is 1. The van der Waals surface area contributed by atoms with Crippen LogP contribution in [0.3, 0.4) is 0 Å². The van der Waals surface area contributed by atoms with Crippen molar-refractivity contribution in [1.82, 2.24) is 0 Å². The number of rotatable bonds is 5. The summed E-state index contributed by atoms with van der Waals surface area (Å²) in [6.45, 7) is 4.00. The van der Waals surface area contributed by atoms with Crippen LogP contribution < -0.4 is 0 Å². The van der Waals surface area contributed by atoms with Crippen LogP contribution in [0.2, 0.25) is 0 Å². The molecule has 0 aliphatic heterocycles. The Morgan fingerprint density at radius 2 is 1.65 bits per heavy atom. The topological polar surface area (TPSA) is 34.1 Å². The van der Waals surface area contributed by atoms with E-state index in [1.165, 1.54) is 0 Å². The zero-order valence-corrected chi connectivity index (χ0v) is 11.5. The lowest BCUT2D eigenvalue weighted by molar-refractivity contribution is -0.119. The normalized spacial score (nSPS) is 11.1. The summed E-state index contributed by atoms with van der Waals surface area (Å²) in [6.07, 6.45) is 0.431. The molecule has 1 aromatic rings. The summed E-state index contributed by atoms with van der Waals surface area (Å²) in [4.78, 5) is 21.7. The van der Waals surface area contributed by atoms with E-state index in [9.17, 15) is 9.59 Å². The van der Waals surface area contributed by atoms with E-state index >= 15 is 0 Å². The van der Waals surface area contributed by atoms with Crippen LogP contribution >= 0.6 is 23.2 Å². The molecule has 0 heterocycles. The Hall–Kier alpha value is -0.860. The summed E-state index contributed by atoms with van der Waals surface area (Å²) < 4.78 is 0. The molecule has 0 saturated carbocycles. The Bertz CT molecular complexity index is 350. The maximum absolute atomic E-state index is 11.0. The van der Waals surface area contributed by atoms with Gasteiger partial charge in [-0.15, -0.1) is 0 Å². The number of hydrogen-bond donors (Lipinski definition) is 0. The van der Waals surface area contributed by atoms with Crippen molar-refractivity contribution in [2.75, 3.05) is 0 Å². The van der Waals surface area contributed by atoms with E-state index in [0.717, 1.165) is 5.56 Å². The second kappa shape index (κ2) is 9.20. The highest BCUT2D eigenvalue weighted by Crippen LogP contribution is 2.16. The smallest absolute Gasteiger partial charge is 0.225 e. The molecule has 1 atom stereocenters. The minimum absolute atomic E-state index is 0.0151. The largest absolute Gasteiger partial charge is 0.281 e. The van der Waals surface area contributed by atoms with Crippen molar-refractivity contribution in [3.05, 3.63) is 35.9 Å². The van der Waals surface area contributed by atoms with Crippen LogP contribution in [0, 0.1) is 5.92 Å². The van der Waals surface area contributed by atoms with Crippen LogP contribution in [0.4, 0.5) is 0 Å². The Labute approximate surface area is 112 Å². The molecule has 4 heteroatoms. The summed E-state index contributed by atoms with van der Waals surface area (Å²) in [7, 11) is 0. The molecule has 94 valence electrons. The van der Waals surface area contributed by atoms with Gasteiger partial charge in [-0.3, -0.25) is 9.59 Å². The summed E-state index contributed by atoms with van der Waals surface area (Å²) >= 11 is 10.6. The first-order valence-corrected chi connectivity index (χ1v) is 6.27. The summed E-state index contributed by atoms with van der Waals surface area (Å²) in [5, 5.41) is -1.06. The van der Waals surface area contributed by atoms with Crippen molar-refractivity contribution in [2.24, 2.45) is 5.92 Å². The summed E-state index contributed by atoms with van der Waals surface area (Å²) in [6, 6.07) is 9.38. The molecule has 0 unspecified atom stereocenters. The molecule has 1 aromatic carbocycles.